The van der Waals surface area contributed by atoms with Crippen LogP contribution in [0, 0.1) is 3.57 Å². The van der Waals surface area contributed by atoms with Crippen molar-refractivity contribution in [1.29, 1.82) is 0 Å². The normalized spacial score (nSPS) is 12.8. The Bertz CT molecular complexity index is 725. The van der Waals surface area contributed by atoms with Crippen LogP contribution in [0.15, 0.2) is 42.5 Å². The zero-order valence-corrected chi connectivity index (χ0v) is 15.6. The van der Waals surface area contributed by atoms with Gasteiger partial charge < -0.3 is 0 Å². The molecule has 1 atom stereocenters. The first-order valence-corrected chi connectivity index (χ1v) is 9.26. The van der Waals surface area contributed by atoms with Crippen LogP contribution in [0.3, 0.4) is 0 Å². The van der Waals surface area contributed by atoms with Crippen LogP contribution < -0.4 is 0 Å². The number of fused-ring (bicyclic) bond motifs is 1. The molecule has 1 nitrogen and oxygen atoms in total. The number of alkyl halides is 1. The molecule has 0 aliphatic rings. The van der Waals surface area contributed by atoms with Crippen molar-refractivity contribution in [3.63, 3.8) is 0 Å². The molecule has 2 aromatic carbocycles. The highest BCUT2D eigenvalue weighted by atomic mass is 127. The standard InChI is InChI=1S/C15H10BrClINS/c16-11(10-7-9(17)5-6-12(10)18)8-15-19-13-3-1-2-4-14(13)20-15/h1-7,11H,8H2. The number of hydrogen-bond acceptors (Lipinski definition) is 2. The van der Waals surface area contributed by atoms with Crippen molar-refractivity contribution < 1.29 is 0 Å². The highest BCUT2D eigenvalue weighted by molar-refractivity contribution is 14.1. The fraction of sp³-hybridized carbons (Fsp3) is 0.133. The molecule has 0 amide bonds. The maximum absolute atomic E-state index is 6.09. The molecule has 20 heavy (non-hydrogen) atoms. The van der Waals surface area contributed by atoms with E-state index in [0.29, 0.717) is 0 Å². The lowest BCUT2D eigenvalue weighted by atomic mass is 10.1. The molecular weight excluding hydrogens is 469 g/mol. The minimum absolute atomic E-state index is 0.230. The van der Waals surface area contributed by atoms with Crippen LogP contribution in [0.25, 0.3) is 10.2 Å². The van der Waals surface area contributed by atoms with E-state index in [1.165, 1.54) is 13.8 Å². The fourth-order valence-corrected chi connectivity index (χ4v) is 5.26. The summed E-state index contributed by atoms with van der Waals surface area (Å²) < 4.78 is 2.46. The van der Waals surface area contributed by atoms with Crippen LogP contribution in [0.4, 0.5) is 0 Å². The van der Waals surface area contributed by atoms with Crippen LogP contribution in [0.5, 0.6) is 0 Å². The quantitative estimate of drug-likeness (QED) is 0.321. The van der Waals surface area contributed by atoms with E-state index >= 15 is 0 Å². The molecule has 0 radical (unpaired) electrons. The lowest BCUT2D eigenvalue weighted by Crippen LogP contribution is -1.97. The maximum Gasteiger partial charge on any atom is 0.0953 e. The van der Waals surface area contributed by atoms with E-state index in [-0.39, 0.29) is 4.83 Å². The molecule has 102 valence electrons. The Morgan fingerprint density at radius 2 is 2.05 bits per heavy atom. The summed E-state index contributed by atoms with van der Waals surface area (Å²) in [6.07, 6.45) is 0.871. The SMILES string of the molecule is Clc1ccc(I)c(C(Br)Cc2nc3ccccc3s2)c1. The van der Waals surface area contributed by atoms with Crippen LogP contribution in [0.2, 0.25) is 5.02 Å². The zero-order chi connectivity index (χ0) is 14.1. The van der Waals surface area contributed by atoms with Gasteiger partial charge in [-0.25, -0.2) is 4.98 Å². The van der Waals surface area contributed by atoms with E-state index in [4.69, 9.17) is 11.6 Å². The monoisotopic (exact) mass is 477 g/mol. The number of para-hydroxylation sites is 1. The highest BCUT2D eigenvalue weighted by Gasteiger charge is 2.15. The average molecular weight is 479 g/mol. The van der Waals surface area contributed by atoms with Crippen molar-refractivity contribution in [3.8, 4) is 0 Å². The molecule has 0 aliphatic heterocycles. The summed E-state index contributed by atoms with van der Waals surface area (Å²) in [6.45, 7) is 0. The van der Waals surface area contributed by atoms with Gasteiger partial charge in [0.05, 0.1) is 15.2 Å². The van der Waals surface area contributed by atoms with Gasteiger partial charge in [0.1, 0.15) is 0 Å². The number of rotatable bonds is 3. The number of thiazole rings is 1. The summed E-state index contributed by atoms with van der Waals surface area (Å²) in [6, 6.07) is 14.2. The Kier molecular flexibility index (Phi) is 4.65. The summed E-state index contributed by atoms with van der Waals surface area (Å²) in [5, 5.41) is 1.91. The van der Waals surface area contributed by atoms with Gasteiger partial charge in [0.15, 0.2) is 0 Å². The van der Waals surface area contributed by atoms with Crippen molar-refractivity contribution >= 4 is 71.7 Å². The Balaban J connectivity index is 1.88. The van der Waals surface area contributed by atoms with Crippen LogP contribution >= 0.6 is 61.5 Å². The second-order valence-corrected chi connectivity index (χ2v) is 8.23. The second kappa shape index (κ2) is 6.30. The van der Waals surface area contributed by atoms with Gasteiger partial charge in [0.25, 0.3) is 0 Å². The minimum atomic E-state index is 0.230. The largest absolute Gasteiger partial charge is 0.241 e. The summed E-state index contributed by atoms with van der Waals surface area (Å²) in [7, 11) is 0. The number of benzene rings is 2. The summed E-state index contributed by atoms with van der Waals surface area (Å²) in [5.74, 6) is 0. The molecule has 3 aromatic rings. The van der Waals surface area contributed by atoms with Crippen molar-refractivity contribution in [3.05, 3.63) is 61.6 Å². The Hall–Kier alpha value is -0.170. The van der Waals surface area contributed by atoms with E-state index < -0.39 is 0 Å². The Labute approximate surface area is 148 Å². The third kappa shape index (κ3) is 3.18. The zero-order valence-electron chi connectivity index (χ0n) is 10.3. The maximum atomic E-state index is 6.09. The molecule has 0 aliphatic carbocycles. The minimum Gasteiger partial charge on any atom is -0.241 e. The van der Waals surface area contributed by atoms with Gasteiger partial charge >= 0.3 is 0 Å². The second-order valence-electron chi connectivity index (χ2n) is 4.41. The van der Waals surface area contributed by atoms with E-state index in [1.54, 1.807) is 11.3 Å². The van der Waals surface area contributed by atoms with Crippen molar-refractivity contribution in [2.75, 3.05) is 0 Å². The van der Waals surface area contributed by atoms with E-state index in [1.807, 2.05) is 24.3 Å². The molecule has 0 N–H and O–H groups in total. The number of hydrogen-bond donors (Lipinski definition) is 0. The lowest BCUT2D eigenvalue weighted by Gasteiger charge is -2.11. The molecule has 1 unspecified atom stereocenters. The van der Waals surface area contributed by atoms with Crippen molar-refractivity contribution in [1.82, 2.24) is 4.98 Å². The fourth-order valence-electron chi connectivity index (χ4n) is 2.03. The predicted octanol–water partition coefficient (Wildman–Crippen LogP) is 6.23. The van der Waals surface area contributed by atoms with Gasteiger partial charge in [-0.2, -0.15) is 0 Å². The molecule has 0 saturated carbocycles. The number of nitrogens with zero attached hydrogens (tertiary/aromatic N) is 1. The van der Waals surface area contributed by atoms with Gasteiger partial charge in [-0.05, 0) is 58.5 Å². The van der Waals surface area contributed by atoms with Gasteiger partial charge in [-0.15, -0.1) is 11.3 Å². The molecule has 0 saturated heterocycles. The van der Waals surface area contributed by atoms with Crippen LogP contribution in [-0.2, 0) is 6.42 Å². The third-order valence-corrected chi connectivity index (χ3v) is 6.08. The lowest BCUT2D eigenvalue weighted by molar-refractivity contribution is 0.933. The first kappa shape index (κ1) is 14.8. The first-order chi connectivity index (χ1) is 9.63. The third-order valence-electron chi connectivity index (χ3n) is 2.99. The van der Waals surface area contributed by atoms with Gasteiger partial charge in [-0.1, -0.05) is 39.7 Å². The Morgan fingerprint density at radius 3 is 2.85 bits per heavy atom. The molecule has 0 spiro atoms. The molecule has 0 bridgehead atoms. The summed E-state index contributed by atoms with van der Waals surface area (Å²) in [4.78, 5) is 4.91. The summed E-state index contributed by atoms with van der Waals surface area (Å²) >= 11 is 14.0. The summed E-state index contributed by atoms with van der Waals surface area (Å²) in [5.41, 5.74) is 2.30. The first-order valence-electron chi connectivity index (χ1n) is 6.07. The van der Waals surface area contributed by atoms with Gasteiger partial charge in [0, 0.05) is 19.8 Å². The smallest absolute Gasteiger partial charge is 0.0953 e. The topological polar surface area (TPSA) is 12.9 Å². The highest BCUT2D eigenvalue weighted by Crippen LogP contribution is 2.34. The van der Waals surface area contributed by atoms with Crippen molar-refractivity contribution in [2.45, 2.75) is 11.2 Å². The van der Waals surface area contributed by atoms with Crippen LogP contribution in [0.1, 0.15) is 15.4 Å². The molecule has 0 fully saturated rings. The molecule has 3 rings (SSSR count). The number of aromatic nitrogens is 1. The van der Waals surface area contributed by atoms with Crippen LogP contribution in [-0.4, -0.2) is 4.98 Å². The average Bonchev–Trinajstić information content (AvgIpc) is 2.83. The van der Waals surface area contributed by atoms with Crippen molar-refractivity contribution in [2.24, 2.45) is 0 Å². The van der Waals surface area contributed by atoms with Gasteiger partial charge in [-0.3, -0.25) is 0 Å². The molecule has 1 aromatic heterocycles. The molecule has 5 heteroatoms. The Morgan fingerprint density at radius 1 is 1.25 bits per heavy atom. The van der Waals surface area contributed by atoms with E-state index in [9.17, 15) is 0 Å². The van der Waals surface area contributed by atoms with E-state index in [2.05, 4.69) is 61.7 Å². The molecular formula is C15H10BrClINS. The predicted molar refractivity (Wildman–Crippen MR) is 99.2 cm³/mol. The van der Waals surface area contributed by atoms with E-state index in [0.717, 1.165) is 22.0 Å². The molecule has 1 heterocycles. The van der Waals surface area contributed by atoms with Gasteiger partial charge in [0.2, 0.25) is 0 Å². The number of halogens is 3.